The summed E-state index contributed by atoms with van der Waals surface area (Å²) < 4.78 is 0. The molecule has 1 N–H and O–H groups in total. The highest BCUT2D eigenvalue weighted by Crippen LogP contribution is 2.56. The number of likely N-dealkylation sites (tertiary alicyclic amines) is 1. The number of hydrogen-bond donors (Lipinski definition) is 1. The highest BCUT2D eigenvalue weighted by molar-refractivity contribution is 6.09. The average molecular weight is 417 g/mol. The van der Waals surface area contributed by atoms with Gasteiger partial charge >= 0.3 is 0 Å². The van der Waals surface area contributed by atoms with E-state index in [1.807, 2.05) is 67.6 Å². The summed E-state index contributed by atoms with van der Waals surface area (Å²) in [7, 11) is 0. The summed E-state index contributed by atoms with van der Waals surface area (Å²) in [6, 6.07) is 18.3. The molecule has 0 spiro atoms. The van der Waals surface area contributed by atoms with Gasteiger partial charge in [-0.2, -0.15) is 0 Å². The predicted molar refractivity (Wildman–Crippen MR) is 117 cm³/mol. The molecule has 0 unspecified atom stereocenters. The summed E-state index contributed by atoms with van der Waals surface area (Å²) in [4.78, 5) is 41.6. The van der Waals surface area contributed by atoms with Gasteiger partial charge in [0.1, 0.15) is 6.04 Å². The number of benzene rings is 2. The fourth-order valence-electron chi connectivity index (χ4n) is 6.01. The Morgan fingerprint density at radius 1 is 0.935 bits per heavy atom. The van der Waals surface area contributed by atoms with Crippen molar-refractivity contribution in [2.75, 3.05) is 0 Å². The van der Waals surface area contributed by atoms with Crippen LogP contribution in [0.25, 0.3) is 0 Å². The maximum atomic E-state index is 13.5. The van der Waals surface area contributed by atoms with Crippen LogP contribution in [-0.2, 0) is 20.8 Å². The zero-order valence-corrected chi connectivity index (χ0v) is 17.7. The number of carbonyl (C=O) groups is 3. The minimum absolute atomic E-state index is 0.134. The third kappa shape index (κ3) is 3.46. The summed E-state index contributed by atoms with van der Waals surface area (Å²) in [5.74, 6) is -0.362. The average Bonchev–Trinajstić information content (AvgIpc) is 3.47. The number of amides is 3. The normalized spacial score (nSPS) is 28.5. The van der Waals surface area contributed by atoms with E-state index in [0.29, 0.717) is 18.3 Å². The van der Waals surface area contributed by atoms with Crippen LogP contribution in [0.3, 0.4) is 0 Å². The van der Waals surface area contributed by atoms with E-state index in [-0.39, 0.29) is 35.6 Å². The quantitative estimate of drug-likeness (QED) is 0.733. The second kappa shape index (κ2) is 7.95. The fourth-order valence-corrected chi connectivity index (χ4v) is 6.01. The molecule has 5 nitrogen and oxygen atoms in total. The van der Waals surface area contributed by atoms with Crippen molar-refractivity contribution in [2.24, 2.45) is 23.7 Å². The molecular weight excluding hydrogens is 388 g/mol. The Hall–Kier alpha value is -2.95. The summed E-state index contributed by atoms with van der Waals surface area (Å²) in [6.07, 6.45) is 3.38. The van der Waals surface area contributed by atoms with Gasteiger partial charge in [0.05, 0.1) is 17.9 Å². The van der Waals surface area contributed by atoms with Crippen molar-refractivity contribution in [1.29, 1.82) is 0 Å². The van der Waals surface area contributed by atoms with Crippen molar-refractivity contribution >= 4 is 17.7 Å². The van der Waals surface area contributed by atoms with Gasteiger partial charge < -0.3 is 5.32 Å². The molecule has 6 atom stereocenters. The molecule has 160 valence electrons. The van der Waals surface area contributed by atoms with Crippen LogP contribution in [0, 0.1) is 23.7 Å². The first-order valence-electron chi connectivity index (χ1n) is 11.3. The first kappa shape index (κ1) is 20.0. The number of nitrogens with one attached hydrogen (secondary N) is 1. The summed E-state index contributed by atoms with van der Waals surface area (Å²) in [5, 5.41) is 3.05. The molecule has 5 rings (SSSR count). The van der Waals surface area contributed by atoms with E-state index in [4.69, 9.17) is 0 Å². The van der Waals surface area contributed by atoms with Crippen molar-refractivity contribution in [1.82, 2.24) is 10.2 Å². The van der Waals surface area contributed by atoms with Crippen LogP contribution in [0.5, 0.6) is 0 Å². The molecule has 2 bridgehead atoms. The minimum atomic E-state index is -0.821. The van der Waals surface area contributed by atoms with Crippen LogP contribution in [-0.4, -0.2) is 28.7 Å². The van der Waals surface area contributed by atoms with Crippen LogP contribution in [0.4, 0.5) is 0 Å². The van der Waals surface area contributed by atoms with E-state index in [1.165, 1.54) is 4.90 Å². The second-order valence-corrected chi connectivity index (χ2v) is 9.28. The van der Waals surface area contributed by atoms with Gasteiger partial charge in [0.15, 0.2) is 0 Å². The van der Waals surface area contributed by atoms with Crippen LogP contribution in [0.2, 0.25) is 0 Å². The Morgan fingerprint density at radius 2 is 1.48 bits per heavy atom. The number of fused-ring (bicyclic) bond motifs is 5. The Kier molecular flexibility index (Phi) is 5.12. The number of hydrogen-bond acceptors (Lipinski definition) is 3. The molecule has 2 saturated carbocycles. The molecule has 1 heterocycles. The topological polar surface area (TPSA) is 66.5 Å². The van der Waals surface area contributed by atoms with E-state index in [0.717, 1.165) is 30.4 Å². The van der Waals surface area contributed by atoms with Gasteiger partial charge in [-0.1, -0.05) is 60.7 Å². The minimum Gasteiger partial charge on any atom is -0.348 e. The molecule has 5 heteroatoms. The summed E-state index contributed by atoms with van der Waals surface area (Å²) in [6.45, 7) is 1.93. The molecule has 2 aromatic rings. The standard InChI is InChI=1S/C26H28N2O3/c1-16(18-10-6-3-7-11-18)27-24(29)21(14-17-8-4-2-5-9-17)28-25(30)22-19-12-13-20(15-19)23(22)26(28)31/h2-11,16,19-23H,12-15H2,1H3,(H,27,29)/t16-,19+,20+,21-,22-,23+/m1/s1. The number of rotatable bonds is 6. The number of imide groups is 1. The maximum absolute atomic E-state index is 13.5. The van der Waals surface area contributed by atoms with Crippen LogP contribution in [0.15, 0.2) is 60.7 Å². The van der Waals surface area contributed by atoms with Crippen molar-refractivity contribution in [3.8, 4) is 0 Å². The van der Waals surface area contributed by atoms with Crippen LogP contribution in [0.1, 0.15) is 43.4 Å². The monoisotopic (exact) mass is 416 g/mol. The Balaban J connectivity index is 1.43. The Bertz CT molecular complexity index is 962. The molecule has 3 aliphatic rings. The third-order valence-electron chi connectivity index (χ3n) is 7.51. The lowest BCUT2D eigenvalue weighted by Crippen LogP contribution is -2.52. The molecule has 31 heavy (non-hydrogen) atoms. The number of nitrogens with zero attached hydrogens (tertiary/aromatic N) is 1. The molecule has 1 aliphatic heterocycles. The summed E-state index contributed by atoms with van der Waals surface area (Å²) in [5.41, 5.74) is 1.93. The Labute approximate surface area is 182 Å². The highest BCUT2D eigenvalue weighted by atomic mass is 16.2. The van der Waals surface area contributed by atoms with Gasteiger partial charge in [-0.05, 0) is 49.1 Å². The van der Waals surface area contributed by atoms with Gasteiger partial charge in [0, 0.05) is 6.42 Å². The van der Waals surface area contributed by atoms with Gasteiger partial charge in [-0.3, -0.25) is 19.3 Å². The molecule has 2 aliphatic carbocycles. The van der Waals surface area contributed by atoms with E-state index < -0.39 is 6.04 Å². The highest BCUT2D eigenvalue weighted by Gasteiger charge is 2.62. The van der Waals surface area contributed by atoms with Crippen molar-refractivity contribution < 1.29 is 14.4 Å². The smallest absolute Gasteiger partial charge is 0.244 e. The Morgan fingerprint density at radius 3 is 2.06 bits per heavy atom. The zero-order valence-electron chi connectivity index (χ0n) is 17.7. The molecule has 1 saturated heterocycles. The first-order chi connectivity index (χ1) is 15.0. The zero-order chi connectivity index (χ0) is 21.5. The van der Waals surface area contributed by atoms with Gasteiger partial charge in [-0.15, -0.1) is 0 Å². The lowest BCUT2D eigenvalue weighted by molar-refractivity contribution is -0.148. The molecular formula is C26H28N2O3. The molecule has 0 radical (unpaired) electrons. The molecule has 2 aromatic carbocycles. The third-order valence-corrected chi connectivity index (χ3v) is 7.51. The molecule has 0 aromatic heterocycles. The summed E-state index contributed by atoms with van der Waals surface area (Å²) >= 11 is 0. The lowest BCUT2D eigenvalue weighted by Gasteiger charge is -2.28. The molecule has 3 fully saturated rings. The first-order valence-corrected chi connectivity index (χ1v) is 11.3. The van der Waals surface area contributed by atoms with Crippen molar-refractivity contribution in [2.45, 2.75) is 44.7 Å². The van der Waals surface area contributed by atoms with E-state index in [9.17, 15) is 14.4 Å². The van der Waals surface area contributed by atoms with E-state index >= 15 is 0 Å². The van der Waals surface area contributed by atoms with E-state index in [1.54, 1.807) is 0 Å². The van der Waals surface area contributed by atoms with Gasteiger partial charge in [0.25, 0.3) is 0 Å². The fraction of sp³-hybridized carbons (Fsp3) is 0.423. The van der Waals surface area contributed by atoms with Gasteiger partial charge in [0.2, 0.25) is 17.7 Å². The SMILES string of the molecule is C[C@@H](NC(=O)[C@@H](Cc1ccccc1)N1C(=O)[C@@H]2[C@H]3CC[C@@H](C3)[C@@H]2C1=O)c1ccccc1. The van der Waals surface area contributed by atoms with Crippen LogP contribution < -0.4 is 5.32 Å². The second-order valence-electron chi connectivity index (χ2n) is 9.28. The van der Waals surface area contributed by atoms with E-state index in [2.05, 4.69) is 5.32 Å². The number of carbonyl (C=O) groups excluding carboxylic acids is 3. The lowest BCUT2D eigenvalue weighted by atomic mass is 9.81. The predicted octanol–water partition coefficient (Wildman–Crippen LogP) is 3.51. The maximum Gasteiger partial charge on any atom is 0.244 e. The largest absolute Gasteiger partial charge is 0.348 e. The van der Waals surface area contributed by atoms with Gasteiger partial charge in [-0.25, -0.2) is 0 Å². The van der Waals surface area contributed by atoms with Crippen molar-refractivity contribution in [3.05, 3.63) is 71.8 Å². The van der Waals surface area contributed by atoms with Crippen LogP contribution >= 0.6 is 0 Å². The van der Waals surface area contributed by atoms with Crippen molar-refractivity contribution in [3.63, 3.8) is 0 Å². The molecule has 3 amide bonds.